The van der Waals surface area contributed by atoms with Crippen molar-refractivity contribution in [2.24, 2.45) is 0 Å². The van der Waals surface area contributed by atoms with Crippen LogP contribution in [0.5, 0.6) is 0 Å². The first-order chi connectivity index (χ1) is 60.4. The Hall–Kier alpha value is -16.4. The summed E-state index contributed by atoms with van der Waals surface area (Å²) in [5.41, 5.74) is 22.0. The van der Waals surface area contributed by atoms with E-state index in [0.29, 0.717) is 34.9 Å². The van der Waals surface area contributed by atoms with Gasteiger partial charge in [0.15, 0.2) is 34.9 Å². The summed E-state index contributed by atoms with van der Waals surface area (Å²) in [6.45, 7) is 0. The fourth-order valence-corrected chi connectivity index (χ4v) is 17.9. The van der Waals surface area contributed by atoms with Crippen molar-refractivity contribution < 1.29 is 0 Å². The second kappa shape index (κ2) is 29.9. The van der Waals surface area contributed by atoms with Crippen LogP contribution in [-0.4, -0.2) is 39.0 Å². The third-order valence-corrected chi connectivity index (χ3v) is 23.9. The molecule has 0 amide bonds. The average Bonchev–Trinajstić information content (AvgIpc) is 1.57. The van der Waals surface area contributed by atoms with Crippen LogP contribution in [0.2, 0.25) is 0 Å². The van der Waals surface area contributed by atoms with Crippen molar-refractivity contribution in [3.63, 3.8) is 0 Å². The molecule has 0 unspecified atom stereocenters. The molecule has 4 heterocycles. The quantitative estimate of drug-likeness (QED) is 0.121. The van der Waals surface area contributed by atoms with Crippen molar-refractivity contribution in [1.29, 1.82) is 0 Å². The lowest BCUT2D eigenvalue weighted by Gasteiger charge is -2.12. The summed E-state index contributed by atoms with van der Waals surface area (Å²) in [7, 11) is 0. The van der Waals surface area contributed by atoms with Gasteiger partial charge in [0.1, 0.15) is 0 Å². The zero-order valence-corrected chi connectivity index (χ0v) is 66.1. The van der Waals surface area contributed by atoms with Crippen LogP contribution in [0.1, 0.15) is 0 Å². The van der Waals surface area contributed by atoms with E-state index in [9.17, 15) is 0 Å². The SMILES string of the molecule is c1ccc(-c2nc(-c3ccccc3)nc(-c3cccc(-n4c5ccccc5c5c6cc(-c7ccc8ccc(-c9ccc%10ccccc%10c9)cc8c7)ccc6ccc54)c3)n2)cc1.c1ccc(-c2nc(-c3ccccc3)nc(-c3cccc(-n4c5ccccc5c5c6ccc(-c7ccc8cc(-c9ccc%10ccccc%10c9)ccc8c7)cc6ccc54)c3)n2)cc1. The molecule has 0 N–H and O–H groups in total. The first-order valence-electron chi connectivity index (χ1n) is 41.3. The van der Waals surface area contributed by atoms with E-state index in [-0.39, 0.29) is 0 Å². The van der Waals surface area contributed by atoms with Crippen LogP contribution in [0, 0.1) is 0 Å². The highest BCUT2D eigenvalue weighted by molar-refractivity contribution is 6.23. The van der Waals surface area contributed by atoms with E-state index in [1.165, 1.54) is 131 Å². The molecular formula is C114H72N8. The normalized spacial score (nSPS) is 11.6. The maximum absolute atomic E-state index is 5.04. The van der Waals surface area contributed by atoms with Gasteiger partial charge in [0.2, 0.25) is 0 Å². The Kier molecular flexibility index (Phi) is 17.4. The number of rotatable bonds is 12. The fraction of sp³-hybridized carbons (Fsp3) is 0. The lowest BCUT2D eigenvalue weighted by atomic mass is 9.95. The van der Waals surface area contributed by atoms with Crippen molar-refractivity contribution in [3.8, 4) is 124 Å². The van der Waals surface area contributed by atoms with Gasteiger partial charge in [-0.25, -0.2) is 29.9 Å². The monoisotopic (exact) mass is 1550 g/mol. The third-order valence-electron chi connectivity index (χ3n) is 23.9. The van der Waals surface area contributed by atoms with Crippen molar-refractivity contribution in [1.82, 2.24) is 39.0 Å². The van der Waals surface area contributed by atoms with Crippen molar-refractivity contribution in [3.05, 3.63) is 437 Å². The summed E-state index contributed by atoms with van der Waals surface area (Å²) in [6.07, 6.45) is 0. The molecule has 4 aromatic heterocycles. The average molecular weight is 1550 g/mol. The van der Waals surface area contributed by atoms with Gasteiger partial charge in [-0.15, -0.1) is 0 Å². The topological polar surface area (TPSA) is 87.2 Å². The third kappa shape index (κ3) is 13.0. The van der Waals surface area contributed by atoms with Gasteiger partial charge in [0.05, 0.1) is 22.1 Å². The van der Waals surface area contributed by atoms with Crippen LogP contribution in [0.4, 0.5) is 0 Å². The molecule has 20 aromatic carbocycles. The zero-order chi connectivity index (χ0) is 80.6. The molecule has 568 valence electrons. The number of fused-ring (bicyclic) bond motifs is 14. The van der Waals surface area contributed by atoms with Crippen molar-refractivity contribution in [2.75, 3.05) is 0 Å². The molecule has 0 saturated carbocycles. The van der Waals surface area contributed by atoms with Crippen LogP contribution in [0.25, 0.3) is 232 Å². The minimum Gasteiger partial charge on any atom is -0.309 e. The Balaban J connectivity index is 0.000000142. The Labute approximate surface area is 703 Å². The van der Waals surface area contributed by atoms with E-state index in [1.807, 2.05) is 121 Å². The number of hydrogen-bond donors (Lipinski definition) is 0. The molecule has 0 fully saturated rings. The second-order valence-electron chi connectivity index (χ2n) is 31.4. The molecule has 0 aliphatic heterocycles. The van der Waals surface area contributed by atoms with Crippen molar-refractivity contribution in [2.45, 2.75) is 0 Å². The van der Waals surface area contributed by atoms with Gasteiger partial charge >= 0.3 is 0 Å². The molecular weight excluding hydrogens is 1480 g/mol. The highest BCUT2D eigenvalue weighted by atomic mass is 15.1. The Morgan fingerprint density at radius 1 is 0.131 bits per heavy atom. The highest BCUT2D eigenvalue weighted by Crippen LogP contribution is 2.44. The smallest absolute Gasteiger partial charge is 0.164 e. The number of para-hydroxylation sites is 2. The minimum absolute atomic E-state index is 0.630. The minimum atomic E-state index is 0.630. The summed E-state index contributed by atoms with van der Waals surface area (Å²) >= 11 is 0. The van der Waals surface area contributed by atoms with Crippen molar-refractivity contribution >= 4 is 108 Å². The van der Waals surface area contributed by atoms with Gasteiger partial charge in [0, 0.05) is 66.3 Å². The zero-order valence-electron chi connectivity index (χ0n) is 66.1. The van der Waals surface area contributed by atoms with Gasteiger partial charge in [-0.3, -0.25) is 0 Å². The van der Waals surface area contributed by atoms with Gasteiger partial charge < -0.3 is 9.13 Å². The molecule has 0 aliphatic rings. The predicted octanol–water partition coefficient (Wildman–Crippen LogP) is 29.5. The molecule has 8 nitrogen and oxygen atoms in total. The number of aromatic nitrogens is 8. The van der Waals surface area contributed by atoms with Crippen LogP contribution >= 0.6 is 0 Å². The van der Waals surface area contributed by atoms with Crippen LogP contribution in [0.3, 0.4) is 0 Å². The molecule has 8 heteroatoms. The molecule has 0 radical (unpaired) electrons. The largest absolute Gasteiger partial charge is 0.309 e. The van der Waals surface area contributed by atoms with Crippen LogP contribution in [0.15, 0.2) is 437 Å². The van der Waals surface area contributed by atoms with Gasteiger partial charge in [-0.1, -0.05) is 340 Å². The summed E-state index contributed by atoms with van der Waals surface area (Å²) in [5, 5.41) is 19.7. The molecule has 122 heavy (non-hydrogen) atoms. The van der Waals surface area contributed by atoms with Gasteiger partial charge in [-0.05, 0) is 206 Å². The lowest BCUT2D eigenvalue weighted by Crippen LogP contribution is -2.01. The van der Waals surface area contributed by atoms with E-state index >= 15 is 0 Å². The van der Waals surface area contributed by atoms with Gasteiger partial charge in [-0.2, -0.15) is 0 Å². The maximum atomic E-state index is 5.04. The standard InChI is InChI=1S/2C57H36N4/c1-3-13-40(14-4-1)55-58-56(41-15-5-2-6-16-41)60-57(59-55)47-18-11-19-49(35-47)61-52-21-10-9-20-50(52)54-51-36-46(29-25-39(51)30-31-53(54)61)45-28-24-38-23-27-44(33-48(38)34-45)43-26-22-37-12-7-8-17-42(37)32-43;1-3-13-38(14-4-1)55-58-56(39-15-5-2-6-16-39)60-57(59-55)48-18-11-19-49(36-48)61-52-21-10-9-20-51(52)54-50-30-28-46(35-47(50)29-31-53(54)61)45-27-26-43-33-42(24-25-44(43)34-45)41-23-22-37-12-7-8-17-40(37)32-41/h2*1-36H. The number of nitrogens with zero attached hydrogens (tertiary/aromatic N) is 8. The molecule has 0 bridgehead atoms. The van der Waals surface area contributed by atoms with E-state index < -0.39 is 0 Å². The molecule has 0 atom stereocenters. The summed E-state index contributed by atoms with van der Waals surface area (Å²) in [5.74, 6) is 3.84. The molecule has 0 spiro atoms. The van der Waals surface area contributed by atoms with E-state index in [1.54, 1.807) is 0 Å². The first kappa shape index (κ1) is 70.9. The molecule has 0 saturated heterocycles. The summed E-state index contributed by atoms with van der Waals surface area (Å²) in [6, 6.07) is 156. The van der Waals surface area contributed by atoms with Crippen LogP contribution in [-0.2, 0) is 0 Å². The number of hydrogen-bond acceptors (Lipinski definition) is 6. The van der Waals surface area contributed by atoms with E-state index in [0.717, 1.165) is 66.8 Å². The fourth-order valence-electron chi connectivity index (χ4n) is 17.9. The molecule has 0 aliphatic carbocycles. The Morgan fingerprint density at radius 3 is 0.811 bits per heavy atom. The Bertz CT molecular complexity index is 8150. The highest BCUT2D eigenvalue weighted by Gasteiger charge is 2.22. The summed E-state index contributed by atoms with van der Waals surface area (Å²) < 4.78 is 4.75. The maximum Gasteiger partial charge on any atom is 0.164 e. The molecule has 24 rings (SSSR count). The Morgan fingerprint density at radius 2 is 0.402 bits per heavy atom. The molecule has 24 aromatic rings. The summed E-state index contributed by atoms with van der Waals surface area (Å²) in [4.78, 5) is 30.0. The second-order valence-corrected chi connectivity index (χ2v) is 31.4. The van der Waals surface area contributed by atoms with E-state index in [4.69, 9.17) is 29.9 Å². The lowest BCUT2D eigenvalue weighted by molar-refractivity contribution is 1.07. The predicted molar refractivity (Wildman–Crippen MR) is 508 cm³/mol. The van der Waals surface area contributed by atoms with Crippen LogP contribution < -0.4 is 0 Å². The van der Waals surface area contributed by atoms with E-state index in [2.05, 4.69) is 325 Å². The first-order valence-corrected chi connectivity index (χ1v) is 41.3. The van der Waals surface area contributed by atoms with Gasteiger partial charge in [0.25, 0.3) is 0 Å². The number of benzene rings is 20.